The molecule has 5 heteroatoms. The first kappa shape index (κ1) is 11.0. The average molecular weight is 199 g/mol. The van der Waals surface area contributed by atoms with Crippen LogP contribution in [0.1, 0.15) is 6.92 Å². The first-order valence-corrected chi connectivity index (χ1v) is 4.76. The van der Waals surface area contributed by atoms with E-state index in [1.165, 1.54) is 0 Å². The van der Waals surface area contributed by atoms with Gasteiger partial charge in [0.25, 0.3) is 0 Å². The molecule has 0 unspecified atom stereocenters. The van der Waals surface area contributed by atoms with Crippen molar-refractivity contribution in [1.82, 2.24) is 9.55 Å². The largest absolute Gasteiger partial charge is 0.379 e. The molecule has 1 aromatic rings. The molecule has 1 heterocycles. The van der Waals surface area contributed by atoms with E-state index >= 15 is 0 Å². The first-order chi connectivity index (χ1) is 6.84. The molecule has 0 atom stereocenters. The summed E-state index contributed by atoms with van der Waals surface area (Å²) in [4.78, 5) is 3.91. The Morgan fingerprint density at radius 1 is 1.36 bits per heavy atom. The van der Waals surface area contributed by atoms with Gasteiger partial charge in [-0.05, 0) is 6.92 Å². The second kappa shape index (κ2) is 6.39. The number of nitrogen functional groups attached to an aromatic ring is 1. The van der Waals surface area contributed by atoms with Crippen molar-refractivity contribution >= 4 is 5.95 Å². The van der Waals surface area contributed by atoms with Gasteiger partial charge in [-0.25, -0.2) is 4.98 Å². The lowest BCUT2D eigenvalue weighted by Crippen LogP contribution is -2.11. The minimum atomic E-state index is 0.526. The van der Waals surface area contributed by atoms with E-state index in [0.717, 1.165) is 13.2 Å². The first-order valence-electron chi connectivity index (χ1n) is 4.76. The monoisotopic (exact) mass is 199 g/mol. The molecule has 2 N–H and O–H groups in total. The summed E-state index contributed by atoms with van der Waals surface area (Å²) >= 11 is 0. The summed E-state index contributed by atoms with van der Waals surface area (Å²) in [6.45, 7) is 5.34. The molecule has 1 rings (SSSR count). The maximum Gasteiger partial charge on any atom is 0.200 e. The molecule has 0 aliphatic carbocycles. The maximum atomic E-state index is 5.57. The van der Waals surface area contributed by atoms with E-state index in [4.69, 9.17) is 15.2 Å². The van der Waals surface area contributed by atoms with Gasteiger partial charge in [-0.2, -0.15) is 0 Å². The molecule has 0 bridgehead atoms. The molecule has 0 amide bonds. The summed E-state index contributed by atoms with van der Waals surface area (Å²) in [5.74, 6) is 0.526. The van der Waals surface area contributed by atoms with Crippen molar-refractivity contribution in [3.8, 4) is 0 Å². The molecular weight excluding hydrogens is 182 g/mol. The molecule has 14 heavy (non-hydrogen) atoms. The van der Waals surface area contributed by atoms with E-state index < -0.39 is 0 Å². The number of rotatable bonds is 7. The molecule has 0 aliphatic rings. The highest BCUT2D eigenvalue weighted by atomic mass is 16.5. The molecule has 0 aromatic carbocycles. The summed E-state index contributed by atoms with van der Waals surface area (Å²) in [6.07, 6.45) is 3.51. The number of hydrogen-bond donors (Lipinski definition) is 1. The fraction of sp³-hybridized carbons (Fsp3) is 0.667. The van der Waals surface area contributed by atoms with Crippen LogP contribution in [0.25, 0.3) is 0 Å². The molecule has 1 aromatic heterocycles. The number of ether oxygens (including phenoxy) is 2. The summed E-state index contributed by atoms with van der Waals surface area (Å²) < 4.78 is 12.3. The van der Waals surface area contributed by atoms with Crippen LogP contribution in [0.5, 0.6) is 0 Å². The summed E-state index contributed by atoms with van der Waals surface area (Å²) in [5.41, 5.74) is 5.57. The number of nitrogens with two attached hydrogens (primary N) is 1. The molecule has 0 saturated carbocycles. The van der Waals surface area contributed by atoms with Gasteiger partial charge in [-0.15, -0.1) is 0 Å². The van der Waals surface area contributed by atoms with Crippen molar-refractivity contribution in [1.29, 1.82) is 0 Å². The van der Waals surface area contributed by atoms with Crippen molar-refractivity contribution in [2.24, 2.45) is 0 Å². The van der Waals surface area contributed by atoms with Crippen molar-refractivity contribution in [3.05, 3.63) is 12.4 Å². The third-order valence-electron chi connectivity index (χ3n) is 1.80. The number of anilines is 1. The second-order valence-corrected chi connectivity index (χ2v) is 2.79. The third kappa shape index (κ3) is 3.76. The fourth-order valence-electron chi connectivity index (χ4n) is 1.06. The lowest BCUT2D eigenvalue weighted by Gasteiger charge is -2.06. The Labute approximate surface area is 83.8 Å². The molecule has 0 spiro atoms. The van der Waals surface area contributed by atoms with Crippen molar-refractivity contribution in [2.45, 2.75) is 13.5 Å². The van der Waals surface area contributed by atoms with Crippen LogP contribution in [0.2, 0.25) is 0 Å². The van der Waals surface area contributed by atoms with Crippen LogP contribution in [0.15, 0.2) is 12.4 Å². The Kier molecular flexibility index (Phi) is 5.03. The van der Waals surface area contributed by atoms with Crippen LogP contribution in [0.4, 0.5) is 5.95 Å². The minimum absolute atomic E-state index is 0.526. The smallest absolute Gasteiger partial charge is 0.200 e. The van der Waals surface area contributed by atoms with Crippen molar-refractivity contribution in [3.63, 3.8) is 0 Å². The van der Waals surface area contributed by atoms with E-state index in [0.29, 0.717) is 25.8 Å². The van der Waals surface area contributed by atoms with Gasteiger partial charge in [-0.1, -0.05) is 0 Å². The van der Waals surface area contributed by atoms with Gasteiger partial charge >= 0.3 is 0 Å². The maximum absolute atomic E-state index is 5.57. The van der Waals surface area contributed by atoms with Gasteiger partial charge < -0.3 is 19.8 Å². The predicted molar refractivity (Wildman–Crippen MR) is 54.0 cm³/mol. The van der Waals surface area contributed by atoms with E-state index in [-0.39, 0.29) is 0 Å². The van der Waals surface area contributed by atoms with Crippen LogP contribution in [0.3, 0.4) is 0 Å². The highest BCUT2D eigenvalue weighted by Gasteiger charge is 1.96. The van der Waals surface area contributed by atoms with E-state index in [9.17, 15) is 0 Å². The fourth-order valence-corrected chi connectivity index (χ4v) is 1.06. The molecular formula is C9H17N3O2. The summed E-state index contributed by atoms with van der Waals surface area (Å²) in [6, 6.07) is 0. The Balaban J connectivity index is 2.02. The highest BCUT2D eigenvalue weighted by molar-refractivity contribution is 5.16. The molecule has 0 saturated heterocycles. The SMILES string of the molecule is CCOCCOCCn1ccnc1N. The Hall–Kier alpha value is -1.07. The zero-order chi connectivity index (χ0) is 10.2. The summed E-state index contributed by atoms with van der Waals surface area (Å²) in [7, 11) is 0. The molecule has 0 fully saturated rings. The molecule has 0 aliphatic heterocycles. The standard InChI is InChI=1S/C9H17N3O2/c1-2-13-7-8-14-6-5-12-4-3-11-9(12)10/h3-4H,2,5-8H2,1H3,(H2,10,11). The zero-order valence-electron chi connectivity index (χ0n) is 8.48. The topological polar surface area (TPSA) is 62.3 Å². The highest BCUT2D eigenvalue weighted by Crippen LogP contribution is 1.97. The van der Waals surface area contributed by atoms with Crippen LogP contribution < -0.4 is 5.73 Å². The van der Waals surface area contributed by atoms with E-state index in [2.05, 4.69) is 4.98 Å². The number of hydrogen-bond acceptors (Lipinski definition) is 4. The predicted octanol–water partition coefficient (Wildman–Crippen LogP) is 0.518. The van der Waals surface area contributed by atoms with Gasteiger partial charge in [0, 0.05) is 25.5 Å². The van der Waals surface area contributed by atoms with Crippen LogP contribution in [-0.4, -0.2) is 36.0 Å². The van der Waals surface area contributed by atoms with Gasteiger partial charge in [0.2, 0.25) is 0 Å². The van der Waals surface area contributed by atoms with Crippen molar-refractivity contribution < 1.29 is 9.47 Å². The molecule has 5 nitrogen and oxygen atoms in total. The quantitative estimate of drug-likeness (QED) is 0.650. The lowest BCUT2D eigenvalue weighted by molar-refractivity contribution is 0.0498. The van der Waals surface area contributed by atoms with Gasteiger partial charge in [-0.3, -0.25) is 0 Å². The van der Waals surface area contributed by atoms with Crippen molar-refractivity contribution in [2.75, 3.05) is 32.2 Å². The van der Waals surface area contributed by atoms with Crippen LogP contribution >= 0.6 is 0 Å². The van der Waals surface area contributed by atoms with E-state index in [1.54, 1.807) is 6.20 Å². The Morgan fingerprint density at radius 3 is 2.79 bits per heavy atom. The Bertz CT molecular complexity index is 250. The minimum Gasteiger partial charge on any atom is -0.379 e. The number of imidazole rings is 1. The normalized spacial score (nSPS) is 10.6. The molecule has 80 valence electrons. The average Bonchev–Trinajstić information content (AvgIpc) is 2.58. The van der Waals surface area contributed by atoms with Gasteiger partial charge in [0.15, 0.2) is 5.95 Å². The van der Waals surface area contributed by atoms with Crippen LogP contribution in [0, 0.1) is 0 Å². The third-order valence-corrected chi connectivity index (χ3v) is 1.80. The Morgan fingerprint density at radius 2 is 2.14 bits per heavy atom. The van der Waals surface area contributed by atoms with Gasteiger partial charge in [0.1, 0.15) is 0 Å². The number of nitrogens with zero attached hydrogens (tertiary/aromatic N) is 2. The van der Waals surface area contributed by atoms with Gasteiger partial charge in [0.05, 0.1) is 19.8 Å². The lowest BCUT2D eigenvalue weighted by atomic mass is 10.6. The number of aromatic nitrogens is 2. The summed E-state index contributed by atoms with van der Waals surface area (Å²) in [5, 5.41) is 0. The molecule has 0 radical (unpaired) electrons. The van der Waals surface area contributed by atoms with E-state index in [1.807, 2.05) is 17.7 Å². The van der Waals surface area contributed by atoms with Crippen LogP contribution in [-0.2, 0) is 16.0 Å². The second-order valence-electron chi connectivity index (χ2n) is 2.79. The zero-order valence-corrected chi connectivity index (χ0v) is 8.48.